The molecule has 1 aromatic rings. The second kappa shape index (κ2) is 5.05. The molecule has 0 atom stereocenters. The molecule has 0 aliphatic heterocycles. The third kappa shape index (κ3) is 2.68. The Kier molecular flexibility index (Phi) is 3.66. The molecule has 0 radical (unpaired) electrons. The van der Waals surface area contributed by atoms with Crippen molar-refractivity contribution < 1.29 is 0 Å². The van der Waals surface area contributed by atoms with Gasteiger partial charge in [-0.25, -0.2) is 0 Å². The summed E-state index contributed by atoms with van der Waals surface area (Å²) in [5, 5.41) is 3.25. The second-order valence-corrected chi connectivity index (χ2v) is 2.69. The first-order valence-corrected chi connectivity index (χ1v) is 4.29. The van der Waals surface area contributed by atoms with Gasteiger partial charge < -0.3 is 5.32 Å². The minimum atomic E-state index is 0.877. The van der Waals surface area contributed by atoms with Crippen molar-refractivity contribution >= 4 is 5.69 Å². The van der Waals surface area contributed by atoms with Gasteiger partial charge in [0.15, 0.2) is 0 Å². The smallest absolute Gasteiger partial charge is 0.0499 e. The van der Waals surface area contributed by atoms with Crippen LogP contribution in [-0.2, 0) is 0 Å². The summed E-state index contributed by atoms with van der Waals surface area (Å²) >= 11 is 0. The van der Waals surface area contributed by atoms with Gasteiger partial charge in [-0.2, -0.15) is 0 Å². The fraction of sp³-hybridized carbons (Fsp3) is 0.167. The Hall–Kier alpha value is -1.68. The van der Waals surface area contributed by atoms with Crippen LogP contribution in [0.1, 0.15) is 12.0 Å². The maximum atomic E-state index is 5.34. The lowest BCUT2D eigenvalue weighted by Gasteiger charge is -2.06. The number of anilines is 1. The number of rotatable bonds is 4. The van der Waals surface area contributed by atoms with E-state index in [0.29, 0.717) is 0 Å². The molecular formula is C12H13N. The molecule has 0 aliphatic rings. The summed E-state index contributed by atoms with van der Waals surface area (Å²) in [4.78, 5) is 0. The van der Waals surface area contributed by atoms with Crippen LogP contribution >= 0.6 is 0 Å². The van der Waals surface area contributed by atoms with E-state index >= 15 is 0 Å². The normalized spacial score (nSPS) is 8.85. The molecule has 0 spiro atoms. The average Bonchev–Trinajstić information content (AvgIpc) is 2.19. The van der Waals surface area contributed by atoms with E-state index < -0.39 is 0 Å². The van der Waals surface area contributed by atoms with Gasteiger partial charge in [-0.3, -0.25) is 0 Å². The van der Waals surface area contributed by atoms with Gasteiger partial charge in [0, 0.05) is 17.8 Å². The number of hydrogen-bond acceptors (Lipinski definition) is 1. The third-order valence-electron chi connectivity index (χ3n) is 1.75. The molecule has 1 N–H and O–H groups in total. The molecule has 13 heavy (non-hydrogen) atoms. The van der Waals surface area contributed by atoms with Crippen LogP contribution in [0.4, 0.5) is 5.69 Å². The summed E-state index contributed by atoms with van der Waals surface area (Å²) in [6.45, 7) is 4.53. The largest absolute Gasteiger partial charge is 0.384 e. The van der Waals surface area contributed by atoms with Gasteiger partial charge in [0.2, 0.25) is 0 Å². The van der Waals surface area contributed by atoms with Crippen LogP contribution in [-0.4, -0.2) is 6.54 Å². The summed E-state index contributed by atoms with van der Waals surface area (Å²) in [6, 6.07) is 7.82. The molecule has 0 fully saturated rings. The molecule has 1 rings (SSSR count). The van der Waals surface area contributed by atoms with Crippen LogP contribution in [0, 0.1) is 12.3 Å². The van der Waals surface area contributed by atoms with E-state index in [4.69, 9.17) is 6.42 Å². The van der Waals surface area contributed by atoms with E-state index in [0.717, 1.165) is 24.2 Å². The molecule has 0 saturated heterocycles. The van der Waals surface area contributed by atoms with Crippen molar-refractivity contribution in [2.75, 3.05) is 11.9 Å². The summed E-state index contributed by atoms with van der Waals surface area (Å²) < 4.78 is 0. The van der Waals surface area contributed by atoms with Gasteiger partial charge >= 0.3 is 0 Å². The topological polar surface area (TPSA) is 12.0 Å². The van der Waals surface area contributed by atoms with Crippen LogP contribution < -0.4 is 5.32 Å². The first-order valence-electron chi connectivity index (χ1n) is 4.29. The highest BCUT2D eigenvalue weighted by Crippen LogP contribution is 2.12. The number of hydrogen-bond donors (Lipinski definition) is 1. The van der Waals surface area contributed by atoms with Crippen molar-refractivity contribution in [2.24, 2.45) is 0 Å². The Morgan fingerprint density at radius 1 is 1.46 bits per heavy atom. The predicted molar refractivity (Wildman–Crippen MR) is 57.7 cm³/mol. The predicted octanol–water partition coefficient (Wildman–Crippen LogP) is 2.66. The van der Waals surface area contributed by atoms with Crippen molar-refractivity contribution in [1.29, 1.82) is 0 Å². The Morgan fingerprint density at radius 2 is 2.23 bits per heavy atom. The fourth-order valence-corrected chi connectivity index (χ4v) is 1.07. The molecule has 0 amide bonds. The highest BCUT2D eigenvalue weighted by molar-refractivity contribution is 5.58. The van der Waals surface area contributed by atoms with Crippen LogP contribution in [0.15, 0.2) is 36.9 Å². The maximum absolute atomic E-state index is 5.34. The second-order valence-electron chi connectivity index (χ2n) is 2.69. The summed E-state index contributed by atoms with van der Waals surface area (Å²) in [6.07, 6.45) is 8.17. The number of terminal acetylenes is 1. The van der Waals surface area contributed by atoms with Crippen molar-refractivity contribution in [1.82, 2.24) is 0 Å². The third-order valence-corrected chi connectivity index (χ3v) is 1.75. The van der Waals surface area contributed by atoms with Gasteiger partial charge in [0.05, 0.1) is 0 Å². The lowest BCUT2D eigenvalue weighted by atomic mass is 10.2. The lowest BCUT2D eigenvalue weighted by Crippen LogP contribution is -2.01. The first-order chi connectivity index (χ1) is 6.38. The van der Waals surface area contributed by atoms with E-state index in [1.807, 2.05) is 30.3 Å². The van der Waals surface area contributed by atoms with E-state index in [1.54, 1.807) is 0 Å². The van der Waals surface area contributed by atoms with Gasteiger partial charge in [-0.15, -0.1) is 13.0 Å². The molecule has 0 aromatic heterocycles. The monoisotopic (exact) mass is 171 g/mol. The van der Waals surface area contributed by atoms with E-state index in [1.165, 1.54) is 0 Å². The maximum Gasteiger partial charge on any atom is 0.0499 e. The van der Waals surface area contributed by atoms with Gasteiger partial charge in [0.1, 0.15) is 0 Å². The molecule has 0 bridgehead atoms. The summed E-state index contributed by atoms with van der Waals surface area (Å²) in [5.41, 5.74) is 1.93. The molecule has 1 heteroatoms. The van der Waals surface area contributed by atoms with E-state index in [-0.39, 0.29) is 0 Å². The van der Waals surface area contributed by atoms with Crippen LogP contribution in [0.2, 0.25) is 0 Å². The van der Waals surface area contributed by atoms with Crippen LogP contribution in [0.3, 0.4) is 0 Å². The molecule has 0 saturated carbocycles. The molecule has 0 unspecified atom stereocenters. The number of para-hydroxylation sites is 1. The zero-order chi connectivity index (χ0) is 9.52. The van der Waals surface area contributed by atoms with Crippen molar-refractivity contribution in [2.45, 2.75) is 6.42 Å². The van der Waals surface area contributed by atoms with Gasteiger partial charge in [-0.05, 0) is 18.6 Å². The minimum absolute atomic E-state index is 0.877. The van der Waals surface area contributed by atoms with Crippen molar-refractivity contribution in [3.8, 4) is 12.3 Å². The minimum Gasteiger partial charge on any atom is -0.384 e. The highest BCUT2D eigenvalue weighted by atomic mass is 14.9. The van der Waals surface area contributed by atoms with Gasteiger partial charge in [-0.1, -0.05) is 24.1 Å². The molecule has 1 nitrogen and oxygen atoms in total. The Balaban J connectivity index is 2.65. The molecule has 0 aliphatic carbocycles. The Bertz CT molecular complexity index is 320. The highest BCUT2D eigenvalue weighted by Gasteiger charge is 1.95. The van der Waals surface area contributed by atoms with Gasteiger partial charge in [0.25, 0.3) is 0 Å². The summed E-state index contributed by atoms with van der Waals surface area (Å²) in [7, 11) is 0. The molecule has 66 valence electrons. The zero-order valence-electron chi connectivity index (χ0n) is 7.59. The van der Waals surface area contributed by atoms with Crippen molar-refractivity contribution in [3.05, 3.63) is 42.5 Å². The molecule has 1 aromatic carbocycles. The molecule has 0 heterocycles. The Labute approximate surface area is 79.5 Å². The van der Waals surface area contributed by atoms with Crippen LogP contribution in [0.25, 0.3) is 0 Å². The Morgan fingerprint density at radius 3 is 2.92 bits per heavy atom. The standard InChI is InChI=1S/C12H13N/c1-3-5-10-13-12-9-7-6-8-11(12)4-2/h2-3,6-9,13H,1,5,10H2. The first kappa shape index (κ1) is 9.41. The average molecular weight is 171 g/mol. The van der Waals surface area contributed by atoms with E-state index in [9.17, 15) is 0 Å². The zero-order valence-corrected chi connectivity index (χ0v) is 7.59. The number of nitrogens with one attached hydrogen (secondary N) is 1. The summed E-state index contributed by atoms with van der Waals surface area (Å²) in [5.74, 6) is 2.63. The lowest BCUT2D eigenvalue weighted by molar-refractivity contribution is 1.07. The van der Waals surface area contributed by atoms with Crippen molar-refractivity contribution in [3.63, 3.8) is 0 Å². The SMILES string of the molecule is C#Cc1ccccc1NCCC=C. The number of benzene rings is 1. The van der Waals surface area contributed by atoms with E-state index in [2.05, 4.69) is 17.8 Å². The van der Waals surface area contributed by atoms with Crippen LogP contribution in [0.5, 0.6) is 0 Å². The quantitative estimate of drug-likeness (QED) is 0.417. The molecular weight excluding hydrogens is 158 g/mol. The fourth-order valence-electron chi connectivity index (χ4n) is 1.07.